The lowest BCUT2D eigenvalue weighted by atomic mass is 10.1. The predicted molar refractivity (Wildman–Crippen MR) is 133 cm³/mol. The van der Waals surface area contributed by atoms with Crippen molar-refractivity contribution < 1.29 is 9.59 Å². The van der Waals surface area contributed by atoms with Gasteiger partial charge in [0.1, 0.15) is 11.9 Å². The van der Waals surface area contributed by atoms with Crippen LogP contribution in [0.4, 0.5) is 11.5 Å². The second kappa shape index (κ2) is 8.59. The molecule has 1 atom stereocenters. The molecule has 0 saturated carbocycles. The van der Waals surface area contributed by atoms with Crippen molar-refractivity contribution in [2.75, 3.05) is 36.4 Å². The number of carbonyl (C=O) groups is 2. The molecule has 7 nitrogen and oxygen atoms in total. The number of aryl methyl sites for hydroxylation is 1. The highest BCUT2D eigenvalue weighted by Crippen LogP contribution is 2.29. The Hall–Kier alpha value is -3.26. The maximum absolute atomic E-state index is 13.0. The quantitative estimate of drug-likeness (QED) is 0.594. The van der Waals surface area contributed by atoms with Crippen LogP contribution in [0, 0.1) is 18.6 Å². The summed E-state index contributed by atoms with van der Waals surface area (Å²) < 4.78 is 1.72. The van der Waals surface area contributed by atoms with E-state index in [1.807, 2.05) is 29.2 Å². The molecule has 3 heterocycles. The van der Waals surface area contributed by atoms with Gasteiger partial charge in [0, 0.05) is 43.7 Å². The van der Waals surface area contributed by atoms with Gasteiger partial charge in [0.15, 0.2) is 0 Å². The Morgan fingerprint density at radius 3 is 2.64 bits per heavy atom. The van der Waals surface area contributed by atoms with Crippen LogP contribution in [-0.4, -0.2) is 58.5 Å². The molecule has 2 aliphatic rings. The van der Waals surface area contributed by atoms with E-state index < -0.39 is 6.04 Å². The Morgan fingerprint density at radius 1 is 1.09 bits per heavy atom. The summed E-state index contributed by atoms with van der Waals surface area (Å²) in [7, 11) is 0. The van der Waals surface area contributed by atoms with Crippen molar-refractivity contribution in [3.05, 3.63) is 58.4 Å². The zero-order valence-electron chi connectivity index (χ0n) is 18.9. The van der Waals surface area contributed by atoms with Gasteiger partial charge in [-0.15, -0.1) is 0 Å². The zero-order chi connectivity index (χ0) is 23.1. The minimum atomic E-state index is -0.473. The van der Waals surface area contributed by atoms with Crippen molar-refractivity contribution in [2.45, 2.75) is 32.7 Å². The molecule has 5 rings (SSSR count). The Labute approximate surface area is 198 Å². The second-order valence-electron chi connectivity index (χ2n) is 8.76. The number of aromatic nitrogens is 2. The number of para-hydroxylation sites is 1. The number of nitrogens with zero attached hydrogens (tertiary/aromatic N) is 4. The lowest BCUT2D eigenvalue weighted by molar-refractivity contribution is -0.131. The molecule has 2 aliphatic heterocycles. The van der Waals surface area contributed by atoms with Crippen molar-refractivity contribution in [1.29, 1.82) is 0 Å². The van der Waals surface area contributed by atoms with Gasteiger partial charge in [0.05, 0.1) is 5.52 Å². The molecule has 0 aliphatic carbocycles. The predicted octanol–water partition coefficient (Wildman–Crippen LogP) is 3.95. The summed E-state index contributed by atoms with van der Waals surface area (Å²) in [5.74, 6) is 0.628. The largest absolute Gasteiger partial charge is 0.368 e. The van der Waals surface area contributed by atoms with Crippen LogP contribution >= 0.6 is 12.2 Å². The number of anilines is 2. The third-order valence-electron chi connectivity index (χ3n) is 6.82. The normalized spacial score (nSPS) is 17.9. The first-order valence-electron chi connectivity index (χ1n) is 11.4. The van der Waals surface area contributed by atoms with Gasteiger partial charge in [0.2, 0.25) is 10.7 Å². The van der Waals surface area contributed by atoms with E-state index in [9.17, 15) is 9.59 Å². The summed E-state index contributed by atoms with van der Waals surface area (Å²) in [5.41, 5.74) is 4.58. The standard InChI is InChI=1S/C25H27N5O2S/c1-16-6-5-9-21(17(16)2)28-12-14-29(15-13-28)22(31)11-10-20-24(32)30-23(26-20)18-7-3-4-8-19(18)27-25(30)33/h3-9,20,26H,10-15H2,1-2H3. The highest BCUT2D eigenvalue weighted by Gasteiger charge is 2.33. The van der Waals surface area contributed by atoms with Crippen LogP contribution in [0.1, 0.15) is 28.8 Å². The molecular formula is C25H27N5O2S. The molecule has 2 aromatic carbocycles. The molecule has 3 aromatic rings. The van der Waals surface area contributed by atoms with Crippen molar-refractivity contribution >= 4 is 46.4 Å². The first-order valence-corrected chi connectivity index (χ1v) is 11.8. The number of hydrogen-bond acceptors (Lipinski definition) is 6. The van der Waals surface area contributed by atoms with Gasteiger partial charge >= 0.3 is 0 Å². The summed E-state index contributed by atoms with van der Waals surface area (Å²) >= 11 is 5.35. The van der Waals surface area contributed by atoms with Crippen LogP contribution in [0.15, 0.2) is 42.5 Å². The summed E-state index contributed by atoms with van der Waals surface area (Å²) in [6, 6.07) is 13.5. The highest BCUT2D eigenvalue weighted by atomic mass is 32.1. The van der Waals surface area contributed by atoms with Gasteiger partial charge in [-0.2, -0.15) is 0 Å². The third kappa shape index (κ3) is 3.88. The maximum atomic E-state index is 13.0. The van der Waals surface area contributed by atoms with Crippen LogP contribution in [0.25, 0.3) is 10.9 Å². The average Bonchev–Trinajstić information content (AvgIpc) is 3.16. The molecule has 33 heavy (non-hydrogen) atoms. The van der Waals surface area contributed by atoms with E-state index in [4.69, 9.17) is 12.2 Å². The molecule has 1 fully saturated rings. The van der Waals surface area contributed by atoms with Crippen molar-refractivity contribution in [1.82, 2.24) is 14.5 Å². The molecule has 0 spiro atoms. The highest BCUT2D eigenvalue weighted by molar-refractivity contribution is 7.71. The van der Waals surface area contributed by atoms with E-state index in [1.165, 1.54) is 21.4 Å². The summed E-state index contributed by atoms with van der Waals surface area (Å²) in [6.45, 7) is 7.29. The lowest BCUT2D eigenvalue weighted by Crippen LogP contribution is -2.49. The van der Waals surface area contributed by atoms with E-state index in [-0.39, 0.29) is 16.6 Å². The number of rotatable bonds is 4. The second-order valence-corrected chi connectivity index (χ2v) is 9.12. The Balaban J connectivity index is 1.21. The number of nitrogens with one attached hydrogen (secondary N) is 1. The molecule has 1 N–H and O–H groups in total. The number of amides is 1. The van der Waals surface area contributed by atoms with Crippen molar-refractivity contribution in [2.24, 2.45) is 0 Å². The maximum Gasteiger partial charge on any atom is 0.257 e. The molecule has 1 amide bonds. The van der Waals surface area contributed by atoms with E-state index in [0.29, 0.717) is 31.7 Å². The van der Waals surface area contributed by atoms with Gasteiger partial charge in [-0.3, -0.25) is 9.59 Å². The monoisotopic (exact) mass is 461 g/mol. The zero-order valence-corrected chi connectivity index (χ0v) is 19.7. The Kier molecular flexibility index (Phi) is 5.62. The Morgan fingerprint density at radius 2 is 1.85 bits per heavy atom. The van der Waals surface area contributed by atoms with E-state index >= 15 is 0 Å². The van der Waals surface area contributed by atoms with Crippen LogP contribution in [0.3, 0.4) is 0 Å². The fourth-order valence-corrected chi connectivity index (χ4v) is 5.05. The number of benzene rings is 2. The fourth-order valence-electron chi connectivity index (χ4n) is 4.77. The molecular weight excluding hydrogens is 434 g/mol. The van der Waals surface area contributed by atoms with Crippen LogP contribution in [0.5, 0.6) is 0 Å². The fraction of sp³-hybridized carbons (Fsp3) is 0.360. The smallest absolute Gasteiger partial charge is 0.257 e. The van der Waals surface area contributed by atoms with E-state index in [1.54, 1.807) is 0 Å². The molecule has 1 saturated heterocycles. The van der Waals surface area contributed by atoms with Gasteiger partial charge in [-0.25, -0.2) is 9.55 Å². The van der Waals surface area contributed by atoms with E-state index in [0.717, 1.165) is 24.0 Å². The molecule has 1 unspecified atom stereocenters. The van der Waals surface area contributed by atoms with Gasteiger partial charge in [-0.05, 0) is 61.8 Å². The molecule has 170 valence electrons. The molecule has 1 aromatic heterocycles. The topological polar surface area (TPSA) is 70.5 Å². The molecule has 8 heteroatoms. The molecule has 0 radical (unpaired) electrons. The van der Waals surface area contributed by atoms with Crippen molar-refractivity contribution in [3.8, 4) is 0 Å². The van der Waals surface area contributed by atoms with Crippen LogP contribution in [0.2, 0.25) is 0 Å². The van der Waals surface area contributed by atoms with Gasteiger partial charge in [0.25, 0.3) is 5.91 Å². The number of carbonyl (C=O) groups excluding carboxylic acids is 2. The van der Waals surface area contributed by atoms with Crippen molar-refractivity contribution in [3.63, 3.8) is 0 Å². The Bertz CT molecular complexity index is 1310. The minimum absolute atomic E-state index is 0.0905. The minimum Gasteiger partial charge on any atom is -0.368 e. The SMILES string of the molecule is Cc1cccc(N2CCN(C(=O)CCC3Nc4c5ccccc5nc(=S)n4C3=O)CC2)c1C. The average molecular weight is 462 g/mol. The third-order valence-corrected chi connectivity index (χ3v) is 7.09. The number of fused-ring (bicyclic) bond motifs is 3. The number of hydrogen-bond donors (Lipinski definition) is 1. The summed E-state index contributed by atoms with van der Waals surface area (Å²) in [5, 5.41) is 4.15. The molecule has 0 bridgehead atoms. The summed E-state index contributed by atoms with van der Waals surface area (Å²) in [4.78, 5) is 34.5. The lowest BCUT2D eigenvalue weighted by Gasteiger charge is -2.37. The van der Waals surface area contributed by atoms with Gasteiger partial charge < -0.3 is 15.1 Å². The first kappa shape index (κ1) is 21.6. The first-order chi connectivity index (χ1) is 15.9. The van der Waals surface area contributed by atoms with E-state index in [2.05, 4.69) is 47.2 Å². The van der Waals surface area contributed by atoms with Crippen LogP contribution < -0.4 is 10.2 Å². The van der Waals surface area contributed by atoms with Crippen LogP contribution in [-0.2, 0) is 4.79 Å². The summed E-state index contributed by atoms with van der Waals surface area (Å²) in [6.07, 6.45) is 0.749. The van der Waals surface area contributed by atoms with Gasteiger partial charge in [-0.1, -0.05) is 24.3 Å². The number of piperazine rings is 1.